The van der Waals surface area contributed by atoms with Crippen LogP contribution in [-0.4, -0.2) is 42.0 Å². The van der Waals surface area contributed by atoms with Crippen molar-refractivity contribution in [2.45, 2.75) is 58.7 Å². The quantitative estimate of drug-likeness (QED) is 0.486. The van der Waals surface area contributed by atoms with Gasteiger partial charge in [0.2, 0.25) is 11.8 Å². The van der Waals surface area contributed by atoms with Crippen LogP contribution < -0.4 is 5.32 Å². The summed E-state index contributed by atoms with van der Waals surface area (Å²) in [5.41, 5.74) is 1.94. The van der Waals surface area contributed by atoms with E-state index in [9.17, 15) is 9.59 Å². The molecular formula is C25H33ClN2O3. The standard InChI is InChI=1S/C25H33ClN2O3/c1-4-24(29)28(18-21-11-13-22(26)14-12-21)23(17-20-9-6-5-7-10-20)25(30)27-15-8-16-31-19(2)3/h5-7,9-14,19,23H,4,8,15-18H2,1-3H3,(H,27,30)/t23-/m0/s1. The highest BCUT2D eigenvalue weighted by atomic mass is 35.5. The van der Waals surface area contributed by atoms with Crippen molar-refractivity contribution >= 4 is 23.4 Å². The molecule has 2 aromatic rings. The zero-order valence-electron chi connectivity index (χ0n) is 18.6. The Labute approximate surface area is 190 Å². The minimum Gasteiger partial charge on any atom is -0.379 e. The molecule has 0 saturated heterocycles. The van der Waals surface area contributed by atoms with E-state index in [1.54, 1.807) is 17.0 Å². The maximum absolute atomic E-state index is 13.2. The monoisotopic (exact) mass is 444 g/mol. The van der Waals surface area contributed by atoms with Crippen LogP contribution >= 0.6 is 11.6 Å². The van der Waals surface area contributed by atoms with Crippen LogP contribution in [-0.2, 0) is 27.3 Å². The molecule has 0 radical (unpaired) electrons. The maximum Gasteiger partial charge on any atom is 0.243 e. The lowest BCUT2D eigenvalue weighted by Gasteiger charge is -2.31. The Morgan fingerprint density at radius 2 is 1.71 bits per heavy atom. The van der Waals surface area contributed by atoms with E-state index in [0.717, 1.165) is 17.5 Å². The molecule has 1 N–H and O–H groups in total. The second-order valence-corrected chi connectivity index (χ2v) is 8.21. The van der Waals surface area contributed by atoms with Crippen molar-refractivity contribution in [1.82, 2.24) is 10.2 Å². The predicted molar refractivity (Wildman–Crippen MR) is 125 cm³/mol. The third-order valence-corrected chi connectivity index (χ3v) is 5.16. The number of nitrogens with one attached hydrogen (secondary N) is 1. The van der Waals surface area contributed by atoms with Crippen LogP contribution in [0.3, 0.4) is 0 Å². The second kappa shape index (κ2) is 13.1. The fourth-order valence-electron chi connectivity index (χ4n) is 3.26. The molecule has 0 aromatic heterocycles. The summed E-state index contributed by atoms with van der Waals surface area (Å²) >= 11 is 6.01. The molecule has 5 nitrogen and oxygen atoms in total. The van der Waals surface area contributed by atoms with Crippen molar-refractivity contribution in [3.05, 3.63) is 70.7 Å². The molecule has 2 amide bonds. The summed E-state index contributed by atoms with van der Waals surface area (Å²) in [6.45, 7) is 7.23. The average Bonchev–Trinajstić information content (AvgIpc) is 2.77. The first-order valence-corrected chi connectivity index (χ1v) is 11.3. The van der Waals surface area contributed by atoms with Crippen LogP contribution in [0.4, 0.5) is 0 Å². The van der Waals surface area contributed by atoms with Gasteiger partial charge >= 0.3 is 0 Å². The maximum atomic E-state index is 13.2. The molecule has 0 bridgehead atoms. The van der Waals surface area contributed by atoms with Crippen LogP contribution in [0.25, 0.3) is 0 Å². The lowest BCUT2D eigenvalue weighted by atomic mass is 10.0. The van der Waals surface area contributed by atoms with E-state index in [-0.39, 0.29) is 17.9 Å². The van der Waals surface area contributed by atoms with Gasteiger partial charge < -0.3 is 15.0 Å². The van der Waals surface area contributed by atoms with E-state index in [0.29, 0.717) is 37.6 Å². The summed E-state index contributed by atoms with van der Waals surface area (Å²) in [6.07, 6.45) is 1.67. The van der Waals surface area contributed by atoms with Gasteiger partial charge in [-0.25, -0.2) is 0 Å². The van der Waals surface area contributed by atoms with Gasteiger partial charge in [-0.05, 0) is 43.5 Å². The van der Waals surface area contributed by atoms with E-state index in [1.165, 1.54) is 0 Å². The second-order valence-electron chi connectivity index (χ2n) is 7.77. The largest absolute Gasteiger partial charge is 0.379 e. The number of nitrogens with zero attached hydrogens (tertiary/aromatic N) is 1. The molecule has 0 aliphatic heterocycles. The number of ether oxygens (including phenoxy) is 1. The third kappa shape index (κ3) is 8.72. The molecule has 0 aliphatic rings. The number of hydrogen-bond acceptors (Lipinski definition) is 3. The van der Waals surface area contributed by atoms with Crippen LogP contribution in [0.15, 0.2) is 54.6 Å². The zero-order chi connectivity index (χ0) is 22.6. The smallest absolute Gasteiger partial charge is 0.243 e. The molecule has 0 aliphatic carbocycles. The van der Waals surface area contributed by atoms with Crippen molar-refractivity contribution < 1.29 is 14.3 Å². The molecule has 6 heteroatoms. The molecule has 1 atom stereocenters. The number of carbonyl (C=O) groups excluding carboxylic acids is 2. The Hall–Kier alpha value is -2.37. The summed E-state index contributed by atoms with van der Waals surface area (Å²) in [6, 6.07) is 16.6. The van der Waals surface area contributed by atoms with Gasteiger partial charge in [0.05, 0.1) is 6.10 Å². The van der Waals surface area contributed by atoms with Gasteiger partial charge in [-0.3, -0.25) is 9.59 Å². The van der Waals surface area contributed by atoms with Crippen molar-refractivity contribution in [1.29, 1.82) is 0 Å². The van der Waals surface area contributed by atoms with Gasteiger partial charge in [-0.2, -0.15) is 0 Å². The lowest BCUT2D eigenvalue weighted by Crippen LogP contribution is -2.50. The molecule has 31 heavy (non-hydrogen) atoms. The average molecular weight is 445 g/mol. The van der Waals surface area contributed by atoms with Crippen LogP contribution in [0.1, 0.15) is 44.7 Å². The molecule has 2 rings (SSSR count). The van der Waals surface area contributed by atoms with E-state index in [1.807, 2.05) is 63.2 Å². The van der Waals surface area contributed by atoms with Gasteiger partial charge in [0, 0.05) is 37.6 Å². The highest BCUT2D eigenvalue weighted by Gasteiger charge is 2.29. The summed E-state index contributed by atoms with van der Waals surface area (Å²) in [7, 11) is 0. The minimum absolute atomic E-state index is 0.0610. The summed E-state index contributed by atoms with van der Waals surface area (Å²) in [4.78, 5) is 27.7. The summed E-state index contributed by atoms with van der Waals surface area (Å²) in [5.74, 6) is -0.210. The fourth-order valence-corrected chi connectivity index (χ4v) is 3.39. The first kappa shape index (κ1) is 24.9. The Balaban J connectivity index is 2.18. The first-order chi connectivity index (χ1) is 14.9. The topological polar surface area (TPSA) is 58.6 Å². The predicted octanol–water partition coefficient (Wildman–Crippen LogP) is 4.62. The molecule has 0 saturated carbocycles. The number of hydrogen-bond donors (Lipinski definition) is 1. The highest BCUT2D eigenvalue weighted by molar-refractivity contribution is 6.30. The van der Waals surface area contributed by atoms with E-state index in [2.05, 4.69) is 5.32 Å². The van der Waals surface area contributed by atoms with Gasteiger partial charge in [-0.15, -0.1) is 0 Å². The summed E-state index contributed by atoms with van der Waals surface area (Å²) in [5, 5.41) is 3.64. The lowest BCUT2D eigenvalue weighted by molar-refractivity contribution is -0.141. The van der Waals surface area contributed by atoms with Gasteiger partial charge in [0.15, 0.2) is 0 Å². The van der Waals surface area contributed by atoms with Crippen molar-refractivity contribution in [2.24, 2.45) is 0 Å². The van der Waals surface area contributed by atoms with Gasteiger partial charge in [0.25, 0.3) is 0 Å². The Bertz CT molecular complexity index is 809. The van der Waals surface area contributed by atoms with Crippen LogP contribution in [0, 0.1) is 0 Å². The molecule has 2 aromatic carbocycles. The molecule has 0 unspecified atom stereocenters. The van der Waals surface area contributed by atoms with E-state index < -0.39 is 6.04 Å². The normalized spacial score (nSPS) is 11.9. The number of halogens is 1. The molecule has 0 spiro atoms. The van der Waals surface area contributed by atoms with E-state index in [4.69, 9.17) is 16.3 Å². The van der Waals surface area contributed by atoms with Crippen molar-refractivity contribution in [3.8, 4) is 0 Å². The number of rotatable bonds is 12. The Morgan fingerprint density at radius 3 is 2.32 bits per heavy atom. The molecule has 0 fully saturated rings. The molecular weight excluding hydrogens is 412 g/mol. The highest BCUT2D eigenvalue weighted by Crippen LogP contribution is 2.17. The van der Waals surface area contributed by atoms with E-state index >= 15 is 0 Å². The number of benzene rings is 2. The Morgan fingerprint density at radius 1 is 1.03 bits per heavy atom. The van der Waals surface area contributed by atoms with Crippen LogP contribution in [0.5, 0.6) is 0 Å². The summed E-state index contributed by atoms with van der Waals surface area (Å²) < 4.78 is 5.54. The minimum atomic E-state index is -0.600. The van der Waals surface area contributed by atoms with Gasteiger partial charge in [-0.1, -0.05) is 61.0 Å². The molecule has 0 heterocycles. The zero-order valence-corrected chi connectivity index (χ0v) is 19.4. The first-order valence-electron chi connectivity index (χ1n) is 10.9. The molecule has 168 valence electrons. The fraction of sp³-hybridized carbons (Fsp3) is 0.440. The van der Waals surface area contributed by atoms with Crippen molar-refractivity contribution in [3.63, 3.8) is 0 Å². The number of carbonyl (C=O) groups is 2. The SMILES string of the molecule is CCC(=O)N(Cc1ccc(Cl)cc1)[C@@H](Cc1ccccc1)C(=O)NCCCOC(C)C. The van der Waals surface area contributed by atoms with Crippen LogP contribution in [0.2, 0.25) is 5.02 Å². The van der Waals surface area contributed by atoms with Gasteiger partial charge in [0.1, 0.15) is 6.04 Å². The number of amides is 2. The van der Waals surface area contributed by atoms with Crippen molar-refractivity contribution in [2.75, 3.05) is 13.2 Å². The Kier molecular flexibility index (Phi) is 10.5. The third-order valence-electron chi connectivity index (χ3n) is 4.91.